The molecule has 1 aliphatic rings. The van der Waals surface area contributed by atoms with Crippen molar-refractivity contribution >= 4 is 27.3 Å². The topological polar surface area (TPSA) is 40.7 Å². The third-order valence-corrected chi connectivity index (χ3v) is 4.97. The molecule has 17 heavy (non-hydrogen) atoms. The molecule has 5 heteroatoms. The molecule has 1 fully saturated rings. The second-order valence-corrected chi connectivity index (χ2v) is 6.18. The third-order valence-electron chi connectivity index (χ3n) is 3.25. The molecule has 1 saturated heterocycles. The van der Waals surface area contributed by atoms with Crippen molar-refractivity contribution in [3.8, 4) is 10.4 Å². The summed E-state index contributed by atoms with van der Waals surface area (Å²) in [7, 11) is 0. The molecule has 0 bridgehead atoms. The van der Waals surface area contributed by atoms with Crippen LogP contribution in [0, 0.1) is 0 Å². The number of rotatable bonds is 2. The highest BCUT2D eigenvalue weighted by Gasteiger charge is 2.21. The fourth-order valence-corrected chi connectivity index (χ4v) is 3.82. The minimum absolute atomic E-state index is 0.620. The van der Waals surface area contributed by atoms with Crippen molar-refractivity contribution in [3.05, 3.63) is 27.8 Å². The molecule has 0 aromatic carbocycles. The van der Waals surface area contributed by atoms with Gasteiger partial charge in [0.15, 0.2) is 0 Å². The molecule has 0 amide bonds. The Morgan fingerprint density at radius 2 is 2.18 bits per heavy atom. The molecule has 1 aliphatic heterocycles. The van der Waals surface area contributed by atoms with E-state index < -0.39 is 0 Å². The van der Waals surface area contributed by atoms with Gasteiger partial charge in [0.1, 0.15) is 0 Å². The van der Waals surface area contributed by atoms with Crippen molar-refractivity contribution in [1.82, 2.24) is 15.5 Å². The smallest absolute Gasteiger partial charge is 0.0577 e. The van der Waals surface area contributed by atoms with E-state index in [4.69, 9.17) is 0 Å². The maximum absolute atomic E-state index is 4.23. The Balaban J connectivity index is 1.93. The second-order valence-electron chi connectivity index (χ2n) is 4.35. The highest BCUT2D eigenvalue weighted by Crippen LogP contribution is 2.36. The number of nitrogens with zero attached hydrogens (tertiary/aromatic N) is 1. The van der Waals surface area contributed by atoms with Gasteiger partial charge in [-0.15, -0.1) is 11.3 Å². The number of nitrogens with one attached hydrogen (secondary N) is 2. The van der Waals surface area contributed by atoms with Crippen LogP contribution < -0.4 is 5.32 Å². The number of H-pyrrole nitrogens is 1. The molecule has 0 aliphatic carbocycles. The van der Waals surface area contributed by atoms with Gasteiger partial charge in [-0.3, -0.25) is 5.10 Å². The number of thiophene rings is 1. The standard InChI is InChI=1S/C12H14BrN3S/c13-9-5-11(17-7-9)10-6-15-16-12(10)8-1-3-14-4-2-8/h5-8,14H,1-4H2,(H,15,16). The molecular formula is C12H14BrN3S. The van der Waals surface area contributed by atoms with Gasteiger partial charge < -0.3 is 5.32 Å². The van der Waals surface area contributed by atoms with Gasteiger partial charge in [-0.2, -0.15) is 5.10 Å². The van der Waals surface area contributed by atoms with Crippen LogP contribution in [0.15, 0.2) is 22.1 Å². The fraction of sp³-hybridized carbons (Fsp3) is 0.417. The van der Waals surface area contributed by atoms with E-state index in [1.54, 1.807) is 11.3 Å². The minimum Gasteiger partial charge on any atom is -0.317 e. The van der Waals surface area contributed by atoms with Gasteiger partial charge >= 0.3 is 0 Å². The Morgan fingerprint density at radius 1 is 1.35 bits per heavy atom. The number of piperidine rings is 1. The van der Waals surface area contributed by atoms with Crippen LogP contribution in [0.2, 0.25) is 0 Å². The molecule has 3 rings (SSSR count). The molecule has 0 radical (unpaired) electrons. The van der Waals surface area contributed by atoms with Gasteiger partial charge in [-0.25, -0.2) is 0 Å². The van der Waals surface area contributed by atoms with Crippen molar-refractivity contribution in [1.29, 1.82) is 0 Å². The lowest BCUT2D eigenvalue weighted by atomic mass is 9.92. The zero-order valence-electron chi connectivity index (χ0n) is 9.37. The Morgan fingerprint density at radius 3 is 2.88 bits per heavy atom. The van der Waals surface area contributed by atoms with Crippen molar-refractivity contribution < 1.29 is 0 Å². The average Bonchev–Trinajstić information content (AvgIpc) is 2.98. The van der Waals surface area contributed by atoms with Crippen LogP contribution in [0.4, 0.5) is 0 Å². The Hall–Kier alpha value is -0.650. The van der Waals surface area contributed by atoms with Crippen LogP contribution >= 0.6 is 27.3 Å². The first kappa shape index (κ1) is 11.4. The summed E-state index contributed by atoms with van der Waals surface area (Å²) >= 11 is 5.27. The van der Waals surface area contributed by atoms with Crippen molar-refractivity contribution in [2.24, 2.45) is 0 Å². The van der Waals surface area contributed by atoms with Crippen LogP contribution in [0.25, 0.3) is 10.4 Å². The highest BCUT2D eigenvalue weighted by molar-refractivity contribution is 9.10. The number of aromatic amines is 1. The average molecular weight is 312 g/mol. The maximum atomic E-state index is 4.23. The zero-order chi connectivity index (χ0) is 11.7. The Bertz CT molecular complexity index is 499. The molecule has 0 spiro atoms. The summed E-state index contributed by atoms with van der Waals surface area (Å²) < 4.78 is 1.15. The first-order valence-electron chi connectivity index (χ1n) is 5.83. The zero-order valence-corrected chi connectivity index (χ0v) is 11.8. The van der Waals surface area contributed by atoms with Crippen LogP contribution in [0.3, 0.4) is 0 Å². The van der Waals surface area contributed by atoms with E-state index in [0.29, 0.717) is 5.92 Å². The molecule has 2 aromatic heterocycles. The summed E-state index contributed by atoms with van der Waals surface area (Å²) in [6, 6.07) is 2.17. The number of hydrogen-bond acceptors (Lipinski definition) is 3. The molecule has 0 unspecified atom stereocenters. The number of aromatic nitrogens is 2. The van der Waals surface area contributed by atoms with Crippen molar-refractivity contribution in [2.45, 2.75) is 18.8 Å². The summed E-state index contributed by atoms with van der Waals surface area (Å²) in [4.78, 5) is 1.29. The molecule has 0 saturated carbocycles. The lowest BCUT2D eigenvalue weighted by molar-refractivity contribution is 0.453. The predicted octanol–water partition coefficient (Wildman–Crippen LogP) is 3.37. The molecule has 3 nitrogen and oxygen atoms in total. The summed E-state index contributed by atoms with van der Waals surface area (Å²) in [5, 5.41) is 12.9. The van der Waals surface area contributed by atoms with Gasteiger partial charge in [0.25, 0.3) is 0 Å². The first-order valence-corrected chi connectivity index (χ1v) is 7.50. The molecule has 2 aromatic rings. The third kappa shape index (κ3) is 2.32. The Labute approximate surface area is 113 Å². The van der Waals surface area contributed by atoms with Gasteiger partial charge in [-0.1, -0.05) is 0 Å². The monoisotopic (exact) mass is 311 g/mol. The minimum atomic E-state index is 0.620. The second kappa shape index (κ2) is 4.92. The van der Waals surface area contributed by atoms with Gasteiger partial charge in [0, 0.05) is 31.9 Å². The summed E-state index contributed by atoms with van der Waals surface area (Å²) in [5.41, 5.74) is 2.58. The van der Waals surface area contributed by atoms with Crippen LogP contribution in [-0.2, 0) is 0 Å². The van der Waals surface area contributed by atoms with Gasteiger partial charge in [0.2, 0.25) is 0 Å². The van der Waals surface area contributed by atoms with E-state index in [2.05, 4.69) is 42.9 Å². The van der Waals surface area contributed by atoms with E-state index in [-0.39, 0.29) is 0 Å². The van der Waals surface area contributed by atoms with Crippen LogP contribution in [0.1, 0.15) is 24.5 Å². The molecule has 2 N–H and O–H groups in total. The first-order chi connectivity index (χ1) is 8.34. The van der Waals surface area contributed by atoms with E-state index in [1.165, 1.54) is 29.0 Å². The van der Waals surface area contributed by atoms with Crippen molar-refractivity contribution in [2.75, 3.05) is 13.1 Å². The maximum Gasteiger partial charge on any atom is 0.0577 e. The van der Waals surface area contributed by atoms with E-state index in [0.717, 1.165) is 17.6 Å². The quantitative estimate of drug-likeness (QED) is 0.892. The normalized spacial score (nSPS) is 17.5. The van der Waals surface area contributed by atoms with Gasteiger partial charge in [0.05, 0.1) is 6.20 Å². The highest BCUT2D eigenvalue weighted by atomic mass is 79.9. The van der Waals surface area contributed by atoms with E-state index >= 15 is 0 Å². The van der Waals surface area contributed by atoms with Gasteiger partial charge in [-0.05, 0) is 47.9 Å². The van der Waals surface area contributed by atoms with E-state index in [1.807, 2.05) is 6.20 Å². The Kier molecular flexibility index (Phi) is 3.31. The predicted molar refractivity (Wildman–Crippen MR) is 74.4 cm³/mol. The summed E-state index contributed by atoms with van der Waals surface area (Å²) in [6.45, 7) is 2.22. The lowest BCUT2D eigenvalue weighted by Gasteiger charge is -2.22. The van der Waals surface area contributed by atoms with E-state index in [9.17, 15) is 0 Å². The lowest BCUT2D eigenvalue weighted by Crippen LogP contribution is -2.27. The SMILES string of the molecule is Brc1csc(-c2cn[nH]c2C2CCNCC2)c1. The summed E-state index contributed by atoms with van der Waals surface area (Å²) in [6.07, 6.45) is 4.35. The number of hydrogen-bond donors (Lipinski definition) is 2. The summed E-state index contributed by atoms with van der Waals surface area (Å²) in [5.74, 6) is 0.620. The molecule has 0 atom stereocenters. The fourth-order valence-electron chi connectivity index (χ4n) is 2.37. The van der Waals surface area contributed by atoms with Crippen LogP contribution in [0.5, 0.6) is 0 Å². The largest absolute Gasteiger partial charge is 0.317 e. The molecule has 90 valence electrons. The van der Waals surface area contributed by atoms with Crippen LogP contribution in [-0.4, -0.2) is 23.3 Å². The molecule has 3 heterocycles. The van der Waals surface area contributed by atoms with Crippen molar-refractivity contribution in [3.63, 3.8) is 0 Å². The molecular weight excluding hydrogens is 298 g/mol. The number of halogens is 1.